The zero-order valence-corrected chi connectivity index (χ0v) is 18.2. The molecular formula is C24H29N3O4. The first-order valence-corrected chi connectivity index (χ1v) is 10.4. The Bertz CT molecular complexity index is 943. The van der Waals surface area contributed by atoms with Crippen LogP contribution in [0.15, 0.2) is 65.9 Å². The molecule has 0 radical (unpaired) electrons. The molecule has 2 aromatic rings. The summed E-state index contributed by atoms with van der Waals surface area (Å²) in [6, 6.07) is 16.4. The summed E-state index contributed by atoms with van der Waals surface area (Å²) < 4.78 is 10.8. The van der Waals surface area contributed by atoms with Crippen molar-refractivity contribution < 1.29 is 19.1 Å². The van der Waals surface area contributed by atoms with Crippen LogP contribution in [0.1, 0.15) is 31.0 Å². The van der Waals surface area contributed by atoms with Crippen LogP contribution in [0.3, 0.4) is 0 Å². The second-order valence-electron chi connectivity index (χ2n) is 7.17. The minimum absolute atomic E-state index is 0.366. The zero-order chi connectivity index (χ0) is 22.2. The van der Waals surface area contributed by atoms with Gasteiger partial charge in [0.15, 0.2) is 0 Å². The maximum Gasteiger partial charge on any atom is 0.338 e. The van der Waals surface area contributed by atoms with Crippen LogP contribution >= 0.6 is 0 Å². The van der Waals surface area contributed by atoms with E-state index in [0.717, 1.165) is 12.1 Å². The third-order valence-electron chi connectivity index (χ3n) is 5.17. The third-order valence-corrected chi connectivity index (χ3v) is 5.17. The number of likely N-dealkylation sites (N-methyl/N-ethyl adjacent to an activating group) is 1. The Morgan fingerprint density at radius 2 is 1.74 bits per heavy atom. The maximum atomic E-state index is 12.8. The highest BCUT2D eigenvalue weighted by atomic mass is 16.5. The van der Waals surface area contributed by atoms with Crippen LogP contribution in [0.4, 0.5) is 4.79 Å². The van der Waals surface area contributed by atoms with E-state index in [2.05, 4.69) is 27.7 Å². The highest BCUT2D eigenvalue weighted by molar-refractivity contribution is 5.95. The van der Waals surface area contributed by atoms with Gasteiger partial charge >= 0.3 is 12.0 Å². The number of nitrogens with one attached hydrogen (secondary N) is 2. The maximum absolute atomic E-state index is 12.8. The van der Waals surface area contributed by atoms with E-state index in [4.69, 9.17) is 9.47 Å². The van der Waals surface area contributed by atoms with Crippen molar-refractivity contribution in [3.8, 4) is 5.75 Å². The van der Waals surface area contributed by atoms with Crippen LogP contribution in [-0.4, -0.2) is 43.7 Å². The largest absolute Gasteiger partial charge is 0.494 e. The van der Waals surface area contributed by atoms with Gasteiger partial charge in [-0.2, -0.15) is 0 Å². The summed E-state index contributed by atoms with van der Waals surface area (Å²) in [5, 5.41) is 5.69. The van der Waals surface area contributed by atoms with Gasteiger partial charge in [0.1, 0.15) is 5.75 Å². The van der Waals surface area contributed by atoms with Crippen LogP contribution in [0.2, 0.25) is 0 Å². The van der Waals surface area contributed by atoms with Gasteiger partial charge in [0.2, 0.25) is 0 Å². The molecule has 2 N–H and O–H groups in total. The molecule has 0 fully saturated rings. The van der Waals surface area contributed by atoms with Crippen LogP contribution in [0.5, 0.6) is 5.75 Å². The molecule has 0 saturated carbocycles. The lowest BCUT2D eigenvalue weighted by molar-refractivity contribution is -0.136. The average Bonchev–Trinajstić information content (AvgIpc) is 2.79. The van der Waals surface area contributed by atoms with Gasteiger partial charge in [-0.1, -0.05) is 55.5 Å². The summed E-state index contributed by atoms with van der Waals surface area (Å²) in [4.78, 5) is 27.5. The molecule has 1 aliphatic heterocycles. The third kappa shape index (κ3) is 5.44. The monoisotopic (exact) mass is 423 g/mol. The Hall–Kier alpha value is -3.32. The molecule has 2 aromatic carbocycles. The number of methoxy groups -OCH3 is 1. The van der Waals surface area contributed by atoms with Crippen molar-refractivity contribution in [1.29, 1.82) is 0 Å². The number of nitrogens with zero attached hydrogens (tertiary/aromatic N) is 1. The van der Waals surface area contributed by atoms with Gasteiger partial charge < -0.3 is 20.1 Å². The van der Waals surface area contributed by atoms with Gasteiger partial charge in [-0.3, -0.25) is 4.90 Å². The SMILES string of the molecule is CCOc1ccccc1C1NC(=O)NC(CN(CC)Cc2ccccc2)=C1C(=O)OC. The van der Waals surface area contributed by atoms with Crippen LogP contribution in [-0.2, 0) is 16.1 Å². The number of carbonyl (C=O) groups excluding carboxylic acids is 2. The van der Waals surface area contributed by atoms with Crippen molar-refractivity contribution in [2.24, 2.45) is 0 Å². The van der Waals surface area contributed by atoms with E-state index >= 15 is 0 Å². The molecule has 1 heterocycles. The van der Waals surface area contributed by atoms with Gasteiger partial charge in [0, 0.05) is 24.4 Å². The molecule has 7 heteroatoms. The van der Waals surface area contributed by atoms with Gasteiger partial charge in [0.25, 0.3) is 0 Å². The highest BCUT2D eigenvalue weighted by Gasteiger charge is 2.35. The van der Waals surface area contributed by atoms with Crippen molar-refractivity contribution in [1.82, 2.24) is 15.5 Å². The van der Waals surface area contributed by atoms with E-state index in [1.807, 2.05) is 56.3 Å². The number of benzene rings is 2. The lowest BCUT2D eigenvalue weighted by Crippen LogP contribution is -2.48. The summed E-state index contributed by atoms with van der Waals surface area (Å²) in [6.45, 7) is 6.25. The number of urea groups is 1. The van der Waals surface area contributed by atoms with Crippen LogP contribution in [0, 0.1) is 0 Å². The van der Waals surface area contributed by atoms with E-state index in [9.17, 15) is 9.59 Å². The predicted molar refractivity (Wildman–Crippen MR) is 118 cm³/mol. The number of hydrogen-bond donors (Lipinski definition) is 2. The molecule has 164 valence electrons. The van der Waals surface area contributed by atoms with Crippen molar-refractivity contribution >= 4 is 12.0 Å². The molecule has 0 spiro atoms. The second kappa shape index (κ2) is 10.6. The minimum Gasteiger partial charge on any atom is -0.494 e. The van der Waals surface area contributed by atoms with Crippen LogP contribution < -0.4 is 15.4 Å². The number of rotatable bonds is 9. The van der Waals surface area contributed by atoms with E-state index < -0.39 is 12.0 Å². The standard InChI is InChI=1S/C24H29N3O4/c1-4-27(15-17-11-7-6-8-12-17)16-19-21(23(28)30-3)22(26-24(29)25-19)18-13-9-10-14-20(18)31-5-2/h6-14,22H,4-5,15-16H2,1-3H3,(H2,25,26,29). The Kier molecular flexibility index (Phi) is 7.67. The molecule has 0 saturated heterocycles. The fraction of sp³-hybridized carbons (Fsp3) is 0.333. The van der Waals surface area contributed by atoms with Crippen LogP contribution in [0.25, 0.3) is 0 Å². The summed E-state index contributed by atoms with van der Waals surface area (Å²) in [5.41, 5.74) is 2.77. The summed E-state index contributed by atoms with van der Waals surface area (Å²) in [6.07, 6.45) is 0. The highest BCUT2D eigenvalue weighted by Crippen LogP contribution is 2.33. The fourth-order valence-corrected chi connectivity index (χ4v) is 3.68. The Labute approximate surface area is 183 Å². The predicted octanol–water partition coefficient (Wildman–Crippen LogP) is 3.39. The molecule has 1 aliphatic rings. The van der Waals surface area contributed by atoms with Gasteiger partial charge in [-0.25, -0.2) is 9.59 Å². The lowest BCUT2D eigenvalue weighted by atomic mass is 9.94. The topological polar surface area (TPSA) is 79.9 Å². The molecule has 3 rings (SSSR count). The Morgan fingerprint density at radius 1 is 1.03 bits per heavy atom. The average molecular weight is 424 g/mol. The normalized spacial score (nSPS) is 16.0. The number of ether oxygens (including phenoxy) is 2. The van der Waals surface area contributed by atoms with E-state index in [0.29, 0.717) is 42.3 Å². The summed E-state index contributed by atoms with van der Waals surface area (Å²) in [7, 11) is 1.34. The fourth-order valence-electron chi connectivity index (χ4n) is 3.68. The Balaban J connectivity index is 1.99. The van der Waals surface area contributed by atoms with Crippen molar-refractivity contribution in [2.45, 2.75) is 26.4 Å². The quantitative estimate of drug-likeness (QED) is 0.605. The number of carbonyl (C=O) groups is 2. The summed E-state index contributed by atoms with van der Waals surface area (Å²) in [5.74, 6) is 0.129. The van der Waals surface area contributed by atoms with Gasteiger partial charge in [0.05, 0.1) is 25.3 Å². The minimum atomic E-state index is -0.672. The number of esters is 1. The first-order chi connectivity index (χ1) is 15.1. The van der Waals surface area contributed by atoms with E-state index in [1.165, 1.54) is 7.11 Å². The first-order valence-electron chi connectivity index (χ1n) is 10.4. The molecule has 7 nitrogen and oxygen atoms in total. The number of hydrogen-bond acceptors (Lipinski definition) is 5. The van der Waals surface area contributed by atoms with E-state index in [1.54, 1.807) is 0 Å². The molecule has 0 aliphatic carbocycles. The Morgan fingerprint density at radius 3 is 2.42 bits per heavy atom. The summed E-state index contributed by atoms with van der Waals surface area (Å²) >= 11 is 0. The second-order valence-corrected chi connectivity index (χ2v) is 7.17. The molecule has 31 heavy (non-hydrogen) atoms. The molecule has 1 atom stereocenters. The van der Waals surface area contributed by atoms with Gasteiger partial charge in [-0.15, -0.1) is 0 Å². The number of para-hydroxylation sites is 1. The zero-order valence-electron chi connectivity index (χ0n) is 18.2. The van der Waals surface area contributed by atoms with Crippen molar-refractivity contribution in [3.05, 3.63) is 77.0 Å². The number of amides is 2. The van der Waals surface area contributed by atoms with Gasteiger partial charge in [-0.05, 0) is 25.1 Å². The molecular weight excluding hydrogens is 394 g/mol. The molecule has 0 bridgehead atoms. The lowest BCUT2D eigenvalue weighted by Gasteiger charge is -2.32. The van der Waals surface area contributed by atoms with Crippen molar-refractivity contribution in [3.63, 3.8) is 0 Å². The molecule has 2 amide bonds. The van der Waals surface area contributed by atoms with E-state index in [-0.39, 0.29) is 6.03 Å². The molecule has 0 aromatic heterocycles. The smallest absolute Gasteiger partial charge is 0.338 e. The molecule has 1 unspecified atom stereocenters. The van der Waals surface area contributed by atoms with Crippen molar-refractivity contribution in [2.75, 3.05) is 26.8 Å². The first kappa shape index (κ1) is 22.4.